The van der Waals surface area contributed by atoms with Crippen molar-refractivity contribution in [2.45, 2.75) is 39.7 Å². The van der Waals surface area contributed by atoms with Crippen LogP contribution >= 0.6 is 0 Å². The third-order valence-electron chi connectivity index (χ3n) is 3.52. The fraction of sp³-hybridized carbons (Fsp3) is 0.529. The Bertz CT molecular complexity index is 457. The number of rotatable bonds is 8. The highest BCUT2D eigenvalue weighted by Crippen LogP contribution is 2.19. The summed E-state index contributed by atoms with van der Waals surface area (Å²) in [4.78, 5) is 23.5. The van der Waals surface area contributed by atoms with Crippen molar-refractivity contribution < 1.29 is 24.2 Å². The molecule has 0 aromatic heterocycles. The molecule has 0 bridgehead atoms. The molecule has 5 heteroatoms. The minimum absolute atomic E-state index is 0.0741. The van der Waals surface area contributed by atoms with Gasteiger partial charge in [-0.05, 0) is 30.7 Å². The normalized spacial score (nSPS) is 13.2. The molecule has 0 fully saturated rings. The number of hydrogen-bond acceptors (Lipinski definition) is 5. The summed E-state index contributed by atoms with van der Waals surface area (Å²) in [5.41, 5.74) is 0.829. The van der Waals surface area contributed by atoms with Crippen molar-refractivity contribution in [3.8, 4) is 0 Å². The zero-order chi connectivity index (χ0) is 16.4. The molecule has 1 aromatic rings. The molecule has 22 heavy (non-hydrogen) atoms. The summed E-state index contributed by atoms with van der Waals surface area (Å²) >= 11 is 0. The number of benzene rings is 1. The fourth-order valence-electron chi connectivity index (χ4n) is 2.16. The first-order chi connectivity index (χ1) is 10.6. The van der Waals surface area contributed by atoms with E-state index in [9.17, 15) is 9.59 Å². The van der Waals surface area contributed by atoms with E-state index >= 15 is 0 Å². The molecule has 0 aliphatic carbocycles. The molecular weight excluding hydrogens is 284 g/mol. The van der Waals surface area contributed by atoms with Gasteiger partial charge in [-0.2, -0.15) is 0 Å². The van der Waals surface area contributed by atoms with Crippen molar-refractivity contribution in [3.63, 3.8) is 0 Å². The summed E-state index contributed by atoms with van der Waals surface area (Å²) in [6.45, 7) is 3.99. The Hall–Kier alpha value is -1.88. The van der Waals surface area contributed by atoms with E-state index in [1.54, 1.807) is 0 Å². The van der Waals surface area contributed by atoms with E-state index < -0.39 is 12.1 Å². The molecule has 2 atom stereocenters. The van der Waals surface area contributed by atoms with Gasteiger partial charge < -0.3 is 14.6 Å². The maximum Gasteiger partial charge on any atom is 0.516 e. The SMILES string of the molecule is CCC(CC(C)CCO)C(=O)OC(=O)OCc1ccccc1. The van der Waals surface area contributed by atoms with Crippen molar-refractivity contribution in [1.82, 2.24) is 0 Å². The predicted molar refractivity (Wildman–Crippen MR) is 82.0 cm³/mol. The van der Waals surface area contributed by atoms with Crippen molar-refractivity contribution in [2.75, 3.05) is 6.61 Å². The number of carbonyl (C=O) groups is 2. The average Bonchev–Trinajstić information content (AvgIpc) is 2.51. The van der Waals surface area contributed by atoms with Crippen LogP contribution in [0.2, 0.25) is 0 Å². The van der Waals surface area contributed by atoms with Crippen LogP contribution in [0.25, 0.3) is 0 Å². The van der Waals surface area contributed by atoms with E-state index in [1.165, 1.54) is 0 Å². The summed E-state index contributed by atoms with van der Waals surface area (Å²) in [5, 5.41) is 8.89. The van der Waals surface area contributed by atoms with Crippen LogP contribution in [0.4, 0.5) is 4.79 Å². The van der Waals surface area contributed by atoms with E-state index in [-0.39, 0.29) is 25.0 Å². The topological polar surface area (TPSA) is 72.8 Å². The molecular formula is C17H24O5. The molecule has 0 heterocycles. The minimum Gasteiger partial charge on any atom is -0.429 e. The number of aliphatic hydroxyl groups is 1. The molecule has 5 nitrogen and oxygen atoms in total. The summed E-state index contributed by atoms with van der Waals surface area (Å²) < 4.78 is 9.67. The molecule has 0 aliphatic heterocycles. The van der Waals surface area contributed by atoms with Gasteiger partial charge in [0.2, 0.25) is 0 Å². The van der Waals surface area contributed by atoms with Gasteiger partial charge in [0.1, 0.15) is 6.61 Å². The van der Waals surface area contributed by atoms with Crippen molar-refractivity contribution >= 4 is 12.1 Å². The Balaban J connectivity index is 2.39. The van der Waals surface area contributed by atoms with Gasteiger partial charge in [-0.1, -0.05) is 44.2 Å². The lowest BCUT2D eigenvalue weighted by Crippen LogP contribution is -2.23. The van der Waals surface area contributed by atoms with Crippen molar-refractivity contribution in [1.29, 1.82) is 0 Å². The summed E-state index contributed by atoms with van der Waals surface area (Å²) in [7, 11) is 0. The highest BCUT2D eigenvalue weighted by Gasteiger charge is 2.23. The Labute approximate surface area is 131 Å². The molecule has 1 N–H and O–H groups in total. The molecule has 0 spiro atoms. The highest BCUT2D eigenvalue weighted by atomic mass is 16.7. The summed E-state index contributed by atoms with van der Waals surface area (Å²) in [6, 6.07) is 9.18. The third-order valence-corrected chi connectivity index (χ3v) is 3.52. The second-order valence-electron chi connectivity index (χ2n) is 5.40. The van der Waals surface area contributed by atoms with Crippen LogP contribution in [0.5, 0.6) is 0 Å². The zero-order valence-electron chi connectivity index (χ0n) is 13.2. The Morgan fingerprint density at radius 1 is 1.23 bits per heavy atom. The van der Waals surface area contributed by atoms with Gasteiger partial charge >= 0.3 is 12.1 Å². The van der Waals surface area contributed by atoms with Crippen LogP contribution in [0, 0.1) is 11.8 Å². The lowest BCUT2D eigenvalue weighted by molar-refractivity contribution is -0.145. The highest BCUT2D eigenvalue weighted by molar-refractivity contribution is 5.83. The molecule has 1 rings (SSSR count). The number of ether oxygens (including phenoxy) is 2. The standard InChI is InChI=1S/C17H24O5/c1-3-15(11-13(2)9-10-18)16(19)22-17(20)21-12-14-7-5-4-6-8-14/h4-8,13,15,18H,3,9-12H2,1-2H3. The second kappa shape index (κ2) is 9.95. The van der Waals surface area contributed by atoms with Crippen molar-refractivity contribution in [3.05, 3.63) is 35.9 Å². The largest absolute Gasteiger partial charge is 0.516 e. The van der Waals surface area contributed by atoms with Gasteiger partial charge in [-0.25, -0.2) is 4.79 Å². The lowest BCUT2D eigenvalue weighted by atomic mass is 9.92. The maximum atomic E-state index is 12.0. The van der Waals surface area contributed by atoms with Gasteiger partial charge in [0, 0.05) is 6.61 Å². The molecule has 1 aromatic carbocycles. The van der Waals surface area contributed by atoms with Gasteiger partial charge in [0.15, 0.2) is 0 Å². The first-order valence-electron chi connectivity index (χ1n) is 7.60. The maximum absolute atomic E-state index is 12.0. The van der Waals surface area contributed by atoms with Crippen LogP contribution in [0.1, 0.15) is 38.7 Å². The first kappa shape index (κ1) is 18.2. The molecule has 0 saturated carbocycles. The van der Waals surface area contributed by atoms with Crippen LogP contribution in [-0.2, 0) is 20.9 Å². The van der Waals surface area contributed by atoms with E-state index in [0.717, 1.165) is 5.56 Å². The lowest BCUT2D eigenvalue weighted by Gasteiger charge is -2.17. The smallest absolute Gasteiger partial charge is 0.429 e. The molecule has 122 valence electrons. The number of carbonyl (C=O) groups excluding carboxylic acids is 2. The van der Waals surface area contributed by atoms with Crippen LogP contribution in [-0.4, -0.2) is 23.8 Å². The zero-order valence-corrected chi connectivity index (χ0v) is 13.2. The van der Waals surface area contributed by atoms with Gasteiger partial charge in [0.25, 0.3) is 0 Å². The number of esters is 1. The molecule has 0 amide bonds. The summed E-state index contributed by atoms with van der Waals surface area (Å²) in [5.74, 6) is -0.723. The van der Waals surface area contributed by atoms with Gasteiger partial charge in [-0.15, -0.1) is 0 Å². The Morgan fingerprint density at radius 2 is 1.91 bits per heavy atom. The minimum atomic E-state index is -0.970. The van der Waals surface area contributed by atoms with E-state index in [0.29, 0.717) is 19.3 Å². The van der Waals surface area contributed by atoms with Crippen LogP contribution in [0.15, 0.2) is 30.3 Å². The summed E-state index contributed by atoms with van der Waals surface area (Å²) in [6.07, 6.45) is 0.826. The van der Waals surface area contributed by atoms with Crippen LogP contribution < -0.4 is 0 Å². The van der Waals surface area contributed by atoms with E-state index in [4.69, 9.17) is 14.6 Å². The van der Waals surface area contributed by atoms with Crippen molar-refractivity contribution in [2.24, 2.45) is 11.8 Å². The van der Waals surface area contributed by atoms with Crippen LogP contribution in [0.3, 0.4) is 0 Å². The monoisotopic (exact) mass is 308 g/mol. The quantitative estimate of drug-likeness (QED) is 0.589. The molecule has 0 aliphatic rings. The molecule has 0 radical (unpaired) electrons. The van der Waals surface area contributed by atoms with Gasteiger partial charge in [-0.3, -0.25) is 4.79 Å². The van der Waals surface area contributed by atoms with E-state index in [1.807, 2.05) is 44.2 Å². The van der Waals surface area contributed by atoms with E-state index in [2.05, 4.69) is 0 Å². The molecule has 2 unspecified atom stereocenters. The predicted octanol–water partition coefficient (Wildman–Crippen LogP) is 3.30. The fourth-order valence-corrected chi connectivity index (χ4v) is 2.16. The Kier molecular flexibility index (Phi) is 8.22. The first-order valence-corrected chi connectivity index (χ1v) is 7.60. The number of hydrogen-bond donors (Lipinski definition) is 1. The average molecular weight is 308 g/mol. The Morgan fingerprint density at radius 3 is 2.50 bits per heavy atom. The van der Waals surface area contributed by atoms with Gasteiger partial charge in [0.05, 0.1) is 5.92 Å². The molecule has 0 saturated heterocycles. The number of aliphatic hydroxyl groups excluding tert-OH is 1. The second-order valence-corrected chi connectivity index (χ2v) is 5.40. The third kappa shape index (κ3) is 6.72.